The topological polar surface area (TPSA) is 113 Å². The van der Waals surface area contributed by atoms with E-state index in [0.717, 1.165) is 29.1 Å². The van der Waals surface area contributed by atoms with Gasteiger partial charge >= 0.3 is 0 Å². The highest BCUT2D eigenvalue weighted by Gasteiger charge is 2.30. The number of nitrogens with one attached hydrogen (secondary N) is 1. The smallest absolute Gasteiger partial charge is 0.243 e. The number of hydrogen-bond acceptors (Lipinski definition) is 8. The lowest BCUT2D eigenvalue weighted by Crippen LogP contribution is -2.45. The van der Waals surface area contributed by atoms with Gasteiger partial charge in [0, 0.05) is 42.5 Å². The molecule has 188 valence electrons. The lowest BCUT2D eigenvalue weighted by Gasteiger charge is -2.32. The van der Waals surface area contributed by atoms with Crippen molar-refractivity contribution in [3.8, 4) is 28.4 Å². The van der Waals surface area contributed by atoms with Crippen molar-refractivity contribution in [2.24, 2.45) is 0 Å². The quantitative estimate of drug-likeness (QED) is 0.331. The Hall–Kier alpha value is -3.80. The second-order valence-electron chi connectivity index (χ2n) is 8.84. The summed E-state index contributed by atoms with van der Waals surface area (Å²) in [6, 6.07) is 17.2. The van der Waals surface area contributed by atoms with Crippen molar-refractivity contribution in [2.75, 3.05) is 18.4 Å². The number of piperidine rings is 1. The van der Waals surface area contributed by atoms with Crippen LogP contribution in [0.4, 0.5) is 5.95 Å². The maximum atomic E-state index is 13.1. The zero-order valence-corrected chi connectivity index (χ0v) is 21.4. The van der Waals surface area contributed by atoms with Crippen molar-refractivity contribution in [1.82, 2.24) is 23.7 Å². The summed E-state index contributed by atoms with van der Waals surface area (Å²) in [5, 5.41) is 15.3. The second kappa shape index (κ2) is 9.58. The van der Waals surface area contributed by atoms with Gasteiger partial charge in [0.1, 0.15) is 11.4 Å². The van der Waals surface area contributed by atoms with Crippen LogP contribution >= 0.6 is 11.3 Å². The second-order valence-corrected chi connectivity index (χ2v) is 11.7. The zero-order valence-electron chi connectivity index (χ0n) is 19.7. The van der Waals surface area contributed by atoms with E-state index in [-0.39, 0.29) is 11.8 Å². The van der Waals surface area contributed by atoms with Gasteiger partial charge in [-0.15, -0.1) is 11.3 Å². The van der Waals surface area contributed by atoms with Crippen molar-refractivity contribution in [3.05, 3.63) is 78.4 Å². The van der Waals surface area contributed by atoms with Crippen molar-refractivity contribution in [3.63, 3.8) is 0 Å². The molecule has 4 heterocycles. The summed E-state index contributed by atoms with van der Waals surface area (Å²) in [5.41, 5.74) is 2.97. The maximum absolute atomic E-state index is 13.1. The molecule has 1 fully saturated rings. The number of phenols is 1. The average molecular weight is 533 g/mol. The largest absolute Gasteiger partial charge is 0.508 e. The fraction of sp³-hybridized carbons (Fsp3) is 0.192. The van der Waals surface area contributed by atoms with Crippen LogP contribution in [-0.2, 0) is 10.0 Å². The zero-order chi connectivity index (χ0) is 25.4. The molecule has 5 aromatic rings. The summed E-state index contributed by atoms with van der Waals surface area (Å²) in [4.78, 5) is 15.1. The monoisotopic (exact) mass is 532 g/mol. The van der Waals surface area contributed by atoms with Gasteiger partial charge in [-0.3, -0.25) is 4.40 Å². The first-order valence-corrected chi connectivity index (χ1v) is 14.2. The number of imidazole rings is 1. The molecule has 0 radical (unpaired) electrons. The van der Waals surface area contributed by atoms with Crippen molar-refractivity contribution in [1.29, 1.82) is 0 Å². The van der Waals surface area contributed by atoms with E-state index >= 15 is 0 Å². The molecule has 37 heavy (non-hydrogen) atoms. The van der Waals surface area contributed by atoms with E-state index < -0.39 is 10.0 Å². The van der Waals surface area contributed by atoms with Gasteiger partial charge in [-0.05, 0) is 43.2 Å². The molecule has 0 unspecified atom stereocenters. The minimum Gasteiger partial charge on any atom is -0.508 e. The molecule has 11 heteroatoms. The third-order valence-corrected chi connectivity index (χ3v) is 9.01. The molecule has 1 aliphatic heterocycles. The molecule has 3 aromatic heterocycles. The van der Waals surface area contributed by atoms with E-state index in [1.54, 1.807) is 54.7 Å². The molecular weight excluding hydrogens is 508 g/mol. The van der Waals surface area contributed by atoms with E-state index in [1.807, 2.05) is 28.1 Å². The number of phenolic OH excluding ortho intramolecular Hbond substituents is 1. The van der Waals surface area contributed by atoms with Crippen molar-refractivity contribution >= 4 is 32.3 Å². The van der Waals surface area contributed by atoms with Crippen LogP contribution in [0.15, 0.2) is 83.3 Å². The first kappa shape index (κ1) is 23.6. The van der Waals surface area contributed by atoms with Crippen LogP contribution in [-0.4, -0.2) is 56.3 Å². The Morgan fingerprint density at radius 2 is 1.92 bits per heavy atom. The Kier molecular flexibility index (Phi) is 6.11. The summed E-state index contributed by atoms with van der Waals surface area (Å²) in [7, 11) is -3.57. The third-order valence-electron chi connectivity index (χ3n) is 6.38. The molecule has 0 amide bonds. The SMILES string of the molecule is O=S(=O)(c1ccccc1)N1CCC[C@@H](Nc2nccc(-c3c(-c4cccc(O)c4)nc4sccn34)n2)C1. The van der Waals surface area contributed by atoms with Gasteiger partial charge in [0.05, 0.1) is 16.3 Å². The van der Waals surface area contributed by atoms with E-state index in [2.05, 4.69) is 10.3 Å². The number of nitrogens with zero attached hydrogens (tertiary/aromatic N) is 5. The molecule has 2 N–H and O–H groups in total. The van der Waals surface area contributed by atoms with Gasteiger partial charge in [-0.25, -0.2) is 23.4 Å². The molecule has 0 spiro atoms. The van der Waals surface area contributed by atoms with Crippen LogP contribution in [0.2, 0.25) is 0 Å². The first-order chi connectivity index (χ1) is 18.0. The van der Waals surface area contributed by atoms with Gasteiger partial charge in [0.25, 0.3) is 0 Å². The molecule has 1 saturated heterocycles. The lowest BCUT2D eigenvalue weighted by molar-refractivity contribution is 0.326. The minimum absolute atomic E-state index is 0.125. The van der Waals surface area contributed by atoms with E-state index in [1.165, 1.54) is 15.6 Å². The maximum Gasteiger partial charge on any atom is 0.243 e. The molecular formula is C26H24N6O3S2. The highest BCUT2D eigenvalue weighted by molar-refractivity contribution is 7.89. The van der Waals surface area contributed by atoms with Gasteiger partial charge in [0.15, 0.2) is 4.96 Å². The van der Waals surface area contributed by atoms with Gasteiger partial charge in [-0.2, -0.15) is 4.31 Å². The fourth-order valence-corrected chi connectivity index (χ4v) is 6.91. The fourth-order valence-electron chi connectivity index (χ4n) is 4.65. The number of benzene rings is 2. The Morgan fingerprint density at radius 3 is 2.76 bits per heavy atom. The molecule has 0 saturated carbocycles. The number of hydrogen-bond donors (Lipinski definition) is 2. The summed E-state index contributed by atoms with van der Waals surface area (Å²) < 4.78 is 29.8. The number of thiazole rings is 1. The molecule has 9 nitrogen and oxygen atoms in total. The molecule has 6 rings (SSSR count). The van der Waals surface area contributed by atoms with Crippen LogP contribution in [0.1, 0.15) is 12.8 Å². The number of aromatic nitrogens is 4. The number of fused-ring (bicyclic) bond motifs is 1. The average Bonchev–Trinajstić information content (AvgIpc) is 3.51. The number of aromatic hydroxyl groups is 1. The Balaban J connectivity index is 1.29. The first-order valence-electron chi connectivity index (χ1n) is 11.9. The molecule has 0 aliphatic carbocycles. The summed E-state index contributed by atoms with van der Waals surface area (Å²) in [6.45, 7) is 0.816. The van der Waals surface area contributed by atoms with E-state index in [9.17, 15) is 13.5 Å². The third kappa shape index (κ3) is 4.57. The highest BCUT2D eigenvalue weighted by Crippen LogP contribution is 2.35. The normalized spacial score (nSPS) is 16.7. The van der Waals surface area contributed by atoms with E-state index in [0.29, 0.717) is 35.3 Å². The predicted octanol–water partition coefficient (Wildman–Crippen LogP) is 4.49. The molecule has 1 aliphatic rings. The van der Waals surface area contributed by atoms with Crippen molar-refractivity contribution < 1.29 is 13.5 Å². The molecule has 1 atom stereocenters. The summed E-state index contributed by atoms with van der Waals surface area (Å²) in [5.74, 6) is 0.589. The number of rotatable bonds is 6. The lowest BCUT2D eigenvalue weighted by atomic mass is 10.1. The summed E-state index contributed by atoms with van der Waals surface area (Å²) in [6.07, 6.45) is 5.18. The van der Waals surface area contributed by atoms with Gasteiger partial charge in [-0.1, -0.05) is 30.3 Å². The van der Waals surface area contributed by atoms with Gasteiger partial charge in [0.2, 0.25) is 16.0 Å². The Morgan fingerprint density at radius 1 is 1.05 bits per heavy atom. The highest BCUT2D eigenvalue weighted by atomic mass is 32.2. The number of sulfonamides is 1. The Labute approximate surface area is 218 Å². The standard InChI is InChI=1S/C26H24N6O3S2/c33-20-8-4-6-18(16-20)23-24(32-14-15-36-26(32)30-23)22-11-12-27-25(29-22)28-19-7-5-13-31(17-19)37(34,35)21-9-2-1-3-10-21/h1-4,6,8-12,14-16,19,33H,5,7,13,17H2,(H,27,28,29)/t19-/m1/s1. The van der Waals surface area contributed by atoms with Crippen LogP contribution in [0.3, 0.4) is 0 Å². The van der Waals surface area contributed by atoms with Crippen LogP contribution < -0.4 is 5.32 Å². The van der Waals surface area contributed by atoms with Crippen LogP contribution in [0.5, 0.6) is 5.75 Å². The van der Waals surface area contributed by atoms with Crippen molar-refractivity contribution in [2.45, 2.75) is 23.8 Å². The van der Waals surface area contributed by atoms with Crippen LogP contribution in [0, 0.1) is 0 Å². The molecule has 0 bridgehead atoms. The number of anilines is 1. The van der Waals surface area contributed by atoms with Crippen LogP contribution in [0.25, 0.3) is 27.6 Å². The van der Waals surface area contributed by atoms with Gasteiger partial charge < -0.3 is 10.4 Å². The predicted molar refractivity (Wildman–Crippen MR) is 143 cm³/mol. The summed E-state index contributed by atoms with van der Waals surface area (Å²) >= 11 is 1.52. The minimum atomic E-state index is -3.57. The Bertz CT molecular complexity index is 1670. The molecule has 2 aromatic carbocycles. The van der Waals surface area contributed by atoms with E-state index in [4.69, 9.17) is 9.97 Å².